The van der Waals surface area contributed by atoms with Gasteiger partial charge in [-0.15, -0.1) is 0 Å². The number of sulfonamides is 1. The number of nitriles is 1. The molecule has 1 aliphatic rings. The number of nitrogens with one attached hydrogen (secondary N) is 1. The van der Waals surface area contributed by atoms with Crippen molar-refractivity contribution in [2.75, 3.05) is 11.4 Å². The van der Waals surface area contributed by atoms with Crippen molar-refractivity contribution in [1.29, 1.82) is 5.26 Å². The van der Waals surface area contributed by atoms with Gasteiger partial charge in [0, 0.05) is 24.3 Å². The zero-order chi connectivity index (χ0) is 22.1. The van der Waals surface area contributed by atoms with Gasteiger partial charge in [0.25, 0.3) is 0 Å². The summed E-state index contributed by atoms with van der Waals surface area (Å²) in [6.07, 6.45) is -3.90. The molecule has 0 bridgehead atoms. The Labute approximate surface area is 178 Å². The standard InChI is InChI=1S/C20H19ClF3N3O2S/c1-13-19(8-9-27(13)17-7-4-15(11-25)18(21)10-17)26-30(28,29)12-14-2-5-16(6-3-14)20(22,23)24/h2-7,10,13,19,26H,8-9,12H2,1H3/t13-,19-/m0/s1. The predicted octanol–water partition coefficient (Wildman–Crippen LogP) is 4.32. The van der Waals surface area contributed by atoms with E-state index < -0.39 is 27.5 Å². The average molecular weight is 458 g/mol. The molecule has 2 aromatic rings. The second kappa shape index (κ2) is 8.46. The quantitative estimate of drug-likeness (QED) is 0.725. The van der Waals surface area contributed by atoms with Gasteiger partial charge in [-0.1, -0.05) is 23.7 Å². The highest BCUT2D eigenvalue weighted by Crippen LogP contribution is 2.31. The summed E-state index contributed by atoms with van der Waals surface area (Å²) in [6.45, 7) is 2.47. The van der Waals surface area contributed by atoms with E-state index in [0.29, 0.717) is 23.6 Å². The first-order chi connectivity index (χ1) is 14.0. The summed E-state index contributed by atoms with van der Waals surface area (Å²) in [5.74, 6) is -0.406. The van der Waals surface area contributed by atoms with Crippen molar-refractivity contribution in [1.82, 2.24) is 4.72 Å². The van der Waals surface area contributed by atoms with E-state index in [2.05, 4.69) is 4.72 Å². The second-order valence-corrected chi connectivity index (χ2v) is 9.34. The molecule has 0 aromatic heterocycles. The van der Waals surface area contributed by atoms with Gasteiger partial charge in [0.05, 0.1) is 21.9 Å². The van der Waals surface area contributed by atoms with E-state index in [1.54, 1.807) is 18.2 Å². The first-order valence-corrected chi connectivity index (χ1v) is 11.2. The molecule has 1 N–H and O–H groups in total. The van der Waals surface area contributed by atoms with Crippen LogP contribution in [-0.2, 0) is 22.0 Å². The fourth-order valence-corrected chi connectivity index (χ4v) is 5.22. The minimum atomic E-state index is -4.47. The molecule has 0 aliphatic carbocycles. The van der Waals surface area contributed by atoms with Crippen LogP contribution < -0.4 is 9.62 Å². The van der Waals surface area contributed by atoms with Gasteiger partial charge in [-0.3, -0.25) is 0 Å². The molecular formula is C20H19ClF3N3O2S. The SMILES string of the molecule is C[C@H]1[C@@H](NS(=O)(=O)Cc2ccc(C(F)(F)F)cc2)CCN1c1ccc(C#N)c(Cl)c1. The van der Waals surface area contributed by atoms with Crippen LogP contribution in [0.1, 0.15) is 30.0 Å². The highest BCUT2D eigenvalue weighted by Gasteiger charge is 2.34. The fourth-order valence-electron chi connectivity index (χ4n) is 3.52. The van der Waals surface area contributed by atoms with Crippen LogP contribution in [0.3, 0.4) is 0 Å². The maximum absolute atomic E-state index is 12.7. The van der Waals surface area contributed by atoms with Crippen LogP contribution in [0.5, 0.6) is 0 Å². The number of nitrogens with zero attached hydrogens (tertiary/aromatic N) is 2. The number of alkyl halides is 3. The van der Waals surface area contributed by atoms with Crippen LogP contribution in [-0.4, -0.2) is 27.0 Å². The van der Waals surface area contributed by atoms with Crippen molar-refractivity contribution in [2.24, 2.45) is 0 Å². The van der Waals surface area contributed by atoms with E-state index in [-0.39, 0.29) is 17.6 Å². The van der Waals surface area contributed by atoms with Gasteiger partial charge in [0.1, 0.15) is 6.07 Å². The normalized spacial score (nSPS) is 19.7. The molecule has 2 atom stereocenters. The van der Waals surface area contributed by atoms with Gasteiger partial charge < -0.3 is 4.90 Å². The molecule has 0 saturated carbocycles. The average Bonchev–Trinajstić information content (AvgIpc) is 3.00. The van der Waals surface area contributed by atoms with Crippen molar-refractivity contribution < 1.29 is 21.6 Å². The molecule has 1 heterocycles. The zero-order valence-corrected chi connectivity index (χ0v) is 17.5. The van der Waals surface area contributed by atoms with Crippen molar-refractivity contribution in [3.8, 4) is 6.07 Å². The molecule has 0 radical (unpaired) electrons. The summed E-state index contributed by atoms with van der Waals surface area (Å²) in [5.41, 5.74) is 0.603. The molecule has 0 spiro atoms. The van der Waals surface area contributed by atoms with Crippen molar-refractivity contribution in [2.45, 2.75) is 37.4 Å². The largest absolute Gasteiger partial charge is 0.416 e. The van der Waals surface area contributed by atoms with Gasteiger partial charge in [-0.2, -0.15) is 18.4 Å². The molecule has 3 rings (SSSR count). The molecule has 0 amide bonds. The number of hydrogen-bond donors (Lipinski definition) is 1. The minimum Gasteiger partial charge on any atom is -0.367 e. The highest BCUT2D eigenvalue weighted by molar-refractivity contribution is 7.88. The van der Waals surface area contributed by atoms with Gasteiger partial charge in [0.2, 0.25) is 10.0 Å². The topological polar surface area (TPSA) is 73.2 Å². The van der Waals surface area contributed by atoms with Gasteiger partial charge in [-0.05, 0) is 49.2 Å². The Hall–Kier alpha value is -2.28. The van der Waals surface area contributed by atoms with E-state index >= 15 is 0 Å². The molecule has 5 nitrogen and oxygen atoms in total. The summed E-state index contributed by atoms with van der Waals surface area (Å²) in [4.78, 5) is 2.00. The van der Waals surface area contributed by atoms with Gasteiger partial charge in [0.15, 0.2) is 0 Å². The Morgan fingerprint density at radius 1 is 1.23 bits per heavy atom. The lowest BCUT2D eigenvalue weighted by Crippen LogP contribution is -2.43. The van der Waals surface area contributed by atoms with Gasteiger partial charge >= 0.3 is 6.18 Å². The van der Waals surface area contributed by atoms with Gasteiger partial charge in [-0.25, -0.2) is 13.1 Å². The molecule has 160 valence electrons. The Morgan fingerprint density at radius 2 is 1.90 bits per heavy atom. The summed E-state index contributed by atoms with van der Waals surface area (Å²) < 4.78 is 65.7. The lowest BCUT2D eigenvalue weighted by molar-refractivity contribution is -0.137. The molecule has 1 saturated heterocycles. The van der Waals surface area contributed by atoms with Crippen LogP contribution in [0.2, 0.25) is 5.02 Å². The number of anilines is 1. The number of halogens is 4. The molecule has 2 aromatic carbocycles. The summed E-state index contributed by atoms with van der Waals surface area (Å²) in [6, 6.07) is 10.6. The van der Waals surface area contributed by atoms with Crippen LogP contribution >= 0.6 is 11.6 Å². The van der Waals surface area contributed by atoms with E-state index in [1.807, 2.05) is 17.9 Å². The third-order valence-electron chi connectivity index (χ3n) is 5.13. The lowest BCUT2D eigenvalue weighted by Gasteiger charge is -2.27. The molecule has 0 unspecified atom stereocenters. The molecule has 30 heavy (non-hydrogen) atoms. The maximum Gasteiger partial charge on any atom is 0.416 e. The maximum atomic E-state index is 12.7. The Bertz CT molecular complexity index is 1070. The molecular weight excluding hydrogens is 439 g/mol. The number of hydrogen-bond acceptors (Lipinski definition) is 4. The number of rotatable bonds is 5. The lowest BCUT2D eigenvalue weighted by atomic mass is 10.1. The minimum absolute atomic E-state index is 0.170. The smallest absolute Gasteiger partial charge is 0.367 e. The van der Waals surface area contributed by atoms with Crippen LogP contribution in [0, 0.1) is 11.3 Å². The predicted molar refractivity (Wildman–Crippen MR) is 109 cm³/mol. The van der Waals surface area contributed by atoms with Crippen LogP contribution in [0.25, 0.3) is 0 Å². The summed E-state index contributed by atoms with van der Waals surface area (Å²) in [7, 11) is -3.75. The Balaban J connectivity index is 1.67. The van der Waals surface area contributed by atoms with Crippen LogP contribution in [0.4, 0.5) is 18.9 Å². The molecule has 10 heteroatoms. The van der Waals surface area contributed by atoms with Crippen LogP contribution in [0.15, 0.2) is 42.5 Å². The van der Waals surface area contributed by atoms with E-state index in [1.165, 1.54) is 12.1 Å². The Morgan fingerprint density at radius 3 is 2.47 bits per heavy atom. The fraction of sp³-hybridized carbons (Fsp3) is 0.350. The van der Waals surface area contributed by atoms with Crippen molar-refractivity contribution in [3.63, 3.8) is 0 Å². The first-order valence-electron chi connectivity index (χ1n) is 9.12. The Kier molecular flexibility index (Phi) is 6.32. The summed E-state index contributed by atoms with van der Waals surface area (Å²) in [5, 5.41) is 9.32. The monoisotopic (exact) mass is 457 g/mol. The highest BCUT2D eigenvalue weighted by atomic mass is 35.5. The molecule has 1 fully saturated rings. The van der Waals surface area contributed by atoms with E-state index in [4.69, 9.17) is 16.9 Å². The van der Waals surface area contributed by atoms with Crippen molar-refractivity contribution >= 4 is 27.3 Å². The number of benzene rings is 2. The first kappa shape index (κ1) is 22.4. The second-order valence-electron chi connectivity index (χ2n) is 7.18. The zero-order valence-electron chi connectivity index (χ0n) is 15.9. The molecule has 1 aliphatic heterocycles. The van der Waals surface area contributed by atoms with E-state index in [0.717, 1.165) is 17.8 Å². The summed E-state index contributed by atoms with van der Waals surface area (Å²) >= 11 is 6.10. The third kappa shape index (κ3) is 5.06. The van der Waals surface area contributed by atoms with E-state index in [9.17, 15) is 21.6 Å². The van der Waals surface area contributed by atoms with Crippen molar-refractivity contribution in [3.05, 3.63) is 64.2 Å². The third-order valence-corrected chi connectivity index (χ3v) is 6.82.